The van der Waals surface area contributed by atoms with Crippen molar-refractivity contribution in [3.63, 3.8) is 0 Å². The molecule has 2 aliphatic carbocycles. The third kappa shape index (κ3) is 2.95. The number of hydrogen-bond donors (Lipinski definition) is 2. The van der Waals surface area contributed by atoms with E-state index in [2.05, 4.69) is 5.32 Å². The molecule has 0 bridgehead atoms. The fourth-order valence-electron chi connectivity index (χ4n) is 4.60. The summed E-state index contributed by atoms with van der Waals surface area (Å²) in [5.41, 5.74) is 0.262. The quantitative estimate of drug-likeness (QED) is 0.848. The van der Waals surface area contributed by atoms with Crippen LogP contribution in [0.5, 0.6) is 0 Å². The maximum absolute atomic E-state index is 13.2. The largest absolute Gasteiger partial charge is 0.469 e. The van der Waals surface area contributed by atoms with Crippen LogP contribution in [-0.4, -0.2) is 17.6 Å². The zero-order chi connectivity index (χ0) is 18.2. The fourth-order valence-corrected chi connectivity index (χ4v) is 4.72. The summed E-state index contributed by atoms with van der Waals surface area (Å²) in [5, 5.41) is 14.8. The highest BCUT2D eigenvalue weighted by Crippen LogP contribution is 2.42. The molecular weight excluding hydrogens is 350 g/mol. The van der Waals surface area contributed by atoms with Gasteiger partial charge >= 0.3 is 0 Å². The van der Waals surface area contributed by atoms with E-state index >= 15 is 0 Å². The van der Waals surface area contributed by atoms with Gasteiger partial charge in [-0.2, -0.15) is 0 Å². The smallest absolute Gasteiger partial charge is 0.230 e. The Morgan fingerprint density at radius 2 is 1.85 bits per heavy atom. The maximum atomic E-state index is 13.2. The van der Waals surface area contributed by atoms with Gasteiger partial charge in [0.15, 0.2) is 0 Å². The van der Waals surface area contributed by atoms with Gasteiger partial charge in [0.05, 0.1) is 18.2 Å². The highest BCUT2D eigenvalue weighted by molar-refractivity contribution is 6.30. The first-order valence-corrected chi connectivity index (χ1v) is 9.75. The summed E-state index contributed by atoms with van der Waals surface area (Å²) in [5.74, 6) is 0.836. The molecule has 26 heavy (non-hydrogen) atoms. The van der Waals surface area contributed by atoms with Gasteiger partial charge in [-0.1, -0.05) is 36.6 Å². The minimum Gasteiger partial charge on any atom is -0.469 e. The van der Waals surface area contributed by atoms with E-state index < -0.39 is 11.0 Å². The van der Waals surface area contributed by atoms with Crippen molar-refractivity contribution in [2.45, 2.75) is 56.0 Å². The Hall–Kier alpha value is -1.78. The number of aliphatic hydroxyl groups is 1. The van der Waals surface area contributed by atoms with Crippen molar-refractivity contribution in [2.24, 2.45) is 0 Å². The first-order chi connectivity index (χ1) is 12.5. The van der Waals surface area contributed by atoms with Crippen LogP contribution in [-0.2, 0) is 22.2 Å². The Labute approximate surface area is 158 Å². The van der Waals surface area contributed by atoms with Gasteiger partial charge in [0, 0.05) is 17.0 Å². The van der Waals surface area contributed by atoms with Crippen molar-refractivity contribution in [1.29, 1.82) is 0 Å². The lowest BCUT2D eigenvalue weighted by Gasteiger charge is -2.34. The molecule has 2 aromatic rings. The summed E-state index contributed by atoms with van der Waals surface area (Å²) in [7, 11) is 0. The number of fused-ring (bicyclic) bond motifs is 1. The predicted octanol–water partition coefficient (Wildman–Crippen LogP) is 4.09. The number of amides is 1. The summed E-state index contributed by atoms with van der Waals surface area (Å²) < 4.78 is 5.47. The molecule has 138 valence electrons. The van der Waals surface area contributed by atoms with E-state index in [0.29, 0.717) is 11.4 Å². The number of carbonyl (C=O) groups excluding carboxylic acids is 1. The van der Waals surface area contributed by atoms with Crippen LogP contribution in [0.15, 0.2) is 41.0 Å². The number of rotatable bonds is 4. The first kappa shape index (κ1) is 17.6. The topological polar surface area (TPSA) is 62.5 Å². The molecule has 2 N–H and O–H groups in total. The molecule has 1 unspecified atom stereocenters. The molecule has 1 amide bonds. The lowest BCUT2D eigenvalue weighted by Crippen LogP contribution is -2.49. The second-order valence-electron chi connectivity index (χ2n) is 7.62. The van der Waals surface area contributed by atoms with Gasteiger partial charge in [0.2, 0.25) is 5.91 Å². The molecule has 0 aliphatic heterocycles. The molecule has 1 heterocycles. The maximum Gasteiger partial charge on any atom is 0.230 e. The number of carbonyl (C=O) groups is 1. The molecule has 1 aromatic carbocycles. The van der Waals surface area contributed by atoms with Gasteiger partial charge in [-0.3, -0.25) is 4.79 Å². The fraction of sp³-hybridized carbons (Fsp3) is 0.476. The van der Waals surface area contributed by atoms with E-state index in [4.69, 9.17) is 16.0 Å². The molecule has 1 atom stereocenters. The van der Waals surface area contributed by atoms with Crippen LogP contribution in [0.3, 0.4) is 0 Å². The van der Waals surface area contributed by atoms with Crippen LogP contribution < -0.4 is 5.32 Å². The molecule has 5 heteroatoms. The van der Waals surface area contributed by atoms with E-state index in [9.17, 15) is 9.90 Å². The number of hydrogen-bond acceptors (Lipinski definition) is 3. The van der Waals surface area contributed by atoms with Crippen LogP contribution in [0.25, 0.3) is 0 Å². The number of nitrogens with one attached hydrogen (secondary N) is 1. The summed E-state index contributed by atoms with van der Waals surface area (Å²) in [6.45, 7) is 0.216. The average Bonchev–Trinajstić information content (AvgIpc) is 3.31. The second kappa shape index (κ2) is 6.75. The van der Waals surface area contributed by atoms with Crippen molar-refractivity contribution in [3.8, 4) is 0 Å². The molecule has 0 saturated heterocycles. The SMILES string of the molecule is O=C(NCC1(O)CCCc2occc21)C1(c2ccc(Cl)cc2)CCCC1. The molecule has 4 nitrogen and oxygen atoms in total. The second-order valence-corrected chi connectivity index (χ2v) is 8.06. The molecule has 0 radical (unpaired) electrons. The lowest BCUT2D eigenvalue weighted by molar-refractivity contribution is -0.128. The van der Waals surface area contributed by atoms with Crippen molar-refractivity contribution < 1.29 is 14.3 Å². The average molecular weight is 374 g/mol. The summed E-state index contributed by atoms with van der Waals surface area (Å²) in [6, 6.07) is 9.42. The predicted molar refractivity (Wildman–Crippen MR) is 100 cm³/mol. The Morgan fingerprint density at radius 3 is 2.58 bits per heavy atom. The van der Waals surface area contributed by atoms with Gasteiger partial charge < -0.3 is 14.8 Å². The summed E-state index contributed by atoms with van der Waals surface area (Å²) in [4.78, 5) is 13.2. The Kier molecular flexibility index (Phi) is 4.57. The zero-order valence-corrected chi connectivity index (χ0v) is 15.5. The minimum atomic E-state index is -1.05. The highest BCUT2D eigenvalue weighted by atomic mass is 35.5. The Balaban J connectivity index is 1.54. The highest BCUT2D eigenvalue weighted by Gasteiger charge is 2.44. The third-order valence-corrected chi connectivity index (χ3v) is 6.32. The van der Waals surface area contributed by atoms with E-state index in [-0.39, 0.29) is 12.5 Å². The summed E-state index contributed by atoms with van der Waals surface area (Å²) >= 11 is 6.02. The van der Waals surface area contributed by atoms with Gasteiger partial charge in [-0.15, -0.1) is 0 Å². The van der Waals surface area contributed by atoms with Crippen LogP contribution in [0.2, 0.25) is 5.02 Å². The molecule has 4 rings (SSSR count). The van der Waals surface area contributed by atoms with E-state index in [1.807, 2.05) is 30.3 Å². The van der Waals surface area contributed by atoms with Crippen LogP contribution >= 0.6 is 11.6 Å². The first-order valence-electron chi connectivity index (χ1n) is 9.37. The lowest BCUT2D eigenvalue weighted by atomic mass is 9.77. The van der Waals surface area contributed by atoms with Gasteiger partial charge in [0.25, 0.3) is 0 Å². The van der Waals surface area contributed by atoms with Crippen LogP contribution in [0, 0.1) is 0 Å². The number of furan rings is 1. The van der Waals surface area contributed by atoms with Gasteiger partial charge in [-0.25, -0.2) is 0 Å². The number of halogens is 1. The van der Waals surface area contributed by atoms with Crippen LogP contribution in [0.4, 0.5) is 0 Å². The van der Waals surface area contributed by atoms with Gasteiger partial charge in [-0.05, 0) is 49.4 Å². The number of benzene rings is 1. The molecule has 1 aromatic heterocycles. The van der Waals surface area contributed by atoms with Crippen molar-refractivity contribution >= 4 is 17.5 Å². The van der Waals surface area contributed by atoms with E-state index in [1.54, 1.807) is 6.26 Å². The van der Waals surface area contributed by atoms with Crippen molar-refractivity contribution in [2.75, 3.05) is 6.54 Å². The minimum absolute atomic E-state index is 0.00126. The summed E-state index contributed by atoms with van der Waals surface area (Å²) in [6.07, 6.45) is 7.68. The number of aryl methyl sites for hydroxylation is 1. The molecule has 2 aliphatic rings. The molecular formula is C21H24ClNO3. The van der Waals surface area contributed by atoms with Gasteiger partial charge in [0.1, 0.15) is 11.4 Å². The molecule has 1 saturated carbocycles. The van der Waals surface area contributed by atoms with Crippen LogP contribution in [0.1, 0.15) is 55.4 Å². The molecule has 1 fully saturated rings. The van der Waals surface area contributed by atoms with Crippen molar-refractivity contribution in [3.05, 3.63) is 58.5 Å². The monoisotopic (exact) mass is 373 g/mol. The van der Waals surface area contributed by atoms with E-state index in [1.165, 1.54) is 0 Å². The van der Waals surface area contributed by atoms with E-state index in [0.717, 1.165) is 55.4 Å². The Morgan fingerprint density at radius 1 is 1.12 bits per heavy atom. The third-order valence-electron chi connectivity index (χ3n) is 6.07. The zero-order valence-electron chi connectivity index (χ0n) is 14.8. The normalized spacial score (nSPS) is 24.2. The van der Waals surface area contributed by atoms with Crippen molar-refractivity contribution in [1.82, 2.24) is 5.32 Å². The standard InChI is InChI=1S/C21H24ClNO3/c22-16-7-5-15(6-8-16)20(10-1-2-11-20)19(24)23-14-21(25)12-3-4-18-17(21)9-13-26-18/h5-9,13,25H,1-4,10-12,14H2,(H,23,24). The Bertz CT molecular complexity index is 792. The molecule has 0 spiro atoms.